The van der Waals surface area contributed by atoms with Gasteiger partial charge in [-0.1, -0.05) is 17.8 Å². The highest BCUT2D eigenvalue weighted by molar-refractivity contribution is 8.00. The van der Waals surface area contributed by atoms with Gasteiger partial charge in [0.05, 0.1) is 16.8 Å². The third kappa shape index (κ3) is 3.21. The summed E-state index contributed by atoms with van der Waals surface area (Å²) in [5.74, 6) is 1.56. The summed E-state index contributed by atoms with van der Waals surface area (Å²) in [5, 5.41) is 9.77. The lowest BCUT2D eigenvalue weighted by molar-refractivity contribution is -0.133. The van der Waals surface area contributed by atoms with Crippen LogP contribution in [0.2, 0.25) is 0 Å². The van der Waals surface area contributed by atoms with Gasteiger partial charge >= 0.3 is 5.97 Å². The van der Waals surface area contributed by atoms with Crippen LogP contribution in [-0.2, 0) is 4.79 Å². The molecular formula is C15H18N2O2S2. The van der Waals surface area contributed by atoms with Gasteiger partial charge in [0, 0.05) is 11.8 Å². The third-order valence-electron chi connectivity index (χ3n) is 3.64. The Morgan fingerprint density at radius 3 is 3.14 bits per heavy atom. The molecule has 112 valence electrons. The fraction of sp³-hybridized carbons (Fsp3) is 0.467. The standard InChI is InChI=1S/C15H18N2O2S2/c1-10-4-5-13-12(7-10)16-15(21-9-14(18)19)17(13)11-3-2-6-20-8-11/h4-5,7,11H,2-3,6,8-9H2,1H3,(H,18,19). The van der Waals surface area contributed by atoms with Gasteiger partial charge < -0.3 is 9.67 Å². The van der Waals surface area contributed by atoms with Gasteiger partial charge in [-0.3, -0.25) is 4.79 Å². The lowest BCUT2D eigenvalue weighted by Gasteiger charge is -2.25. The molecule has 1 N–H and O–H groups in total. The zero-order valence-electron chi connectivity index (χ0n) is 11.9. The maximum absolute atomic E-state index is 10.9. The highest BCUT2D eigenvalue weighted by atomic mass is 32.2. The highest BCUT2D eigenvalue weighted by Gasteiger charge is 2.22. The first-order valence-corrected chi connectivity index (χ1v) is 9.20. The molecule has 2 heterocycles. The summed E-state index contributed by atoms with van der Waals surface area (Å²) in [4.78, 5) is 15.5. The molecule has 0 bridgehead atoms. The maximum atomic E-state index is 10.9. The molecule has 2 aromatic rings. The Hall–Kier alpha value is -1.14. The number of rotatable bonds is 4. The van der Waals surface area contributed by atoms with Gasteiger partial charge in [-0.05, 0) is 43.2 Å². The van der Waals surface area contributed by atoms with Crippen molar-refractivity contribution >= 4 is 40.5 Å². The van der Waals surface area contributed by atoms with Crippen LogP contribution in [0.1, 0.15) is 24.4 Å². The van der Waals surface area contributed by atoms with Crippen molar-refractivity contribution in [2.75, 3.05) is 17.3 Å². The van der Waals surface area contributed by atoms with Crippen molar-refractivity contribution in [3.05, 3.63) is 23.8 Å². The average Bonchev–Trinajstić information content (AvgIpc) is 2.83. The van der Waals surface area contributed by atoms with E-state index in [1.807, 2.05) is 11.8 Å². The minimum atomic E-state index is -0.798. The largest absolute Gasteiger partial charge is 0.481 e. The Balaban J connectivity index is 2.03. The van der Waals surface area contributed by atoms with Gasteiger partial charge in [0.25, 0.3) is 0 Å². The van der Waals surface area contributed by atoms with E-state index < -0.39 is 5.97 Å². The zero-order chi connectivity index (χ0) is 14.8. The second-order valence-corrected chi connectivity index (χ2v) is 7.40. The van der Waals surface area contributed by atoms with E-state index in [0.29, 0.717) is 6.04 Å². The van der Waals surface area contributed by atoms with Crippen LogP contribution in [-0.4, -0.2) is 37.9 Å². The molecular weight excluding hydrogens is 304 g/mol. The molecule has 1 aromatic heterocycles. The molecule has 6 heteroatoms. The minimum Gasteiger partial charge on any atom is -0.481 e. The van der Waals surface area contributed by atoms with Crippen molar-refractivity contribution in [1.82, 2.24) is 9.55 Å². The molecule has 21 heavy (non-hydrogen) atoms. The fourth-order valence-electron chi connectivity index (χ4n) is 2.70. The van der Waals surface area contributed by atoms with Crippen molar-refractivity contribution in [3.63, 3.8) is 0 Å². The number of fused-ring (bicyclic) bond motifs is 1. The third-order valence-corrected chi connectivity index (χ3v) is 5.77. The van der Waals surface area contributed by atoms with E-state index in [2.05, 4.69) is 34.7 Å². The Morgan fingerprint density at radius 2 is 2.43 bits per heavy atom. The Bertz CT molecular complexity index is 663. The molecule has 4 nitrogen and oxygen atoms in total. The van der Waals surface area contributed by atoms with E-state index >= 15 is 0 Å². The number of thioether (sulfide) groups is 2. The molecule has 0 spiro atoms. The van der Waals surface area contributed by atoms with E-state index in [0.717, 1.165) is 28.4 Å². The number of benzene rings is 1. The molecule has 0 amide bonds. The summed E-state index contributed by atoms with van der Waals surface area (Å²) < 4.78 is 2.26. The number of aliphatic carboxylic acids is 1. The molecule has 0 aliphatic carbocycles. The molecule has 1 aromatic carbocycles. The van der Waals surface area contributed by atoms with Crippen LogP contribution in [0.4, 0.5) is 0 Å². The minimum absolute atomic E-state index is 0.0577. The Labute approximate surface area is 132 Å². The molecule has 3 rings (SSSR count). The van der Waals surface area contributed by atoms with Crippen molar-refractivity contribution in [2.45, 2.75) is 31.0 Å². The van der Waals surface area contributed by atoms with Crippen LogP contribution < -0.4 is 0 Å². The van der Waals surface area contributed by atoms with Crippen LogP contribution in [0.15, 0.2) is 23.4 Å². The van der Waals surface area contributed by atoms with Gasteiger partial charge in [-0.2, -0.15) is 11.8 Å². The number of hydrogen-bond acceptors (Lipinski definition) is 4. The molecule has 1 saturated heterocycles. The lowest BCUT2D eigenvalue weighted by Crippen LogP contribution is -2.17. The van der Waals surface area contributed by atoms with Crippen LogP contribution in [0, 0.1) is 6.92 Å². The van der Waals surface area contributed by atoms with Gasteiger partial charge in [0.2, 0.25) is 0 Å². The number of carbonyl (C=O) groups is 1. The number of nitrogens with zero attached hydrogens (tertiary/aromatic N) is 2. The number of aromatic nitrogens is 2. The molecule has 0 saturated carbocycles. The molecule has 1 aliphatic rings. The number of carboxylic acid groups (broad SMARTS) is 1. The normalized spacial score (nSPS) is 19.0. The summed E-state index contributed by atoms with van der Waals surface area (Å²) in [7, 11) is 0. The van der Waals surface area contributed by atoms with E-state index in [9.17, 15) is 4.79 Å². The number of aryl methyl sites for hydroxylation is 1. The smallest absolute Gasteiger partial charge is 0.313 e. The molecule has 1 fully saturated rings. The summed E-state index contributed by atoms with van der Waals surface area (Å²) in [6, 6.07) is 6.71. The number of imidazole rings is 1. The fourth-order valence-corrected chi connectivity index (χ4v) is 4.62. The van der Waals surface area contributed by atoms with Gasteiger partial charge in [-0.25, -0.2) is 4.98 Å². The van der Waals surface area contributed by atoms with Crippen LogP contribution in [0.5, 0.6) is 0 Å². The van der Waals surface area contributed by atoms with Gasteiger partial charge in [-0.15, -0.1) is 0 Å². The molecule has 1 atom stereocenters. The predicted molar refractivity (Wildman–Crippen MR) is 88.4 cm³/mol. The quantitative estimate of drug-likeness (QED) is 0.872. The first-order chi connectivity index (χ1) is 10.1. The first-order valence-electron chi connectivity index (χ1n) is 7.06. The summed E-state index contributed by atoms with van der Waals surface area (Å²) >= 11 is 3.30. The Kier molecular flexibility index (Phi) is 4.45. The van der Waals surface area contributed by atoms with E-state index in [1.54, 1.807) is 0 Å². The summed E-state index contributed by atoms with van der Waals surface area (Å²) in [6.07, 6.45) is 2.36. The maximum Gasteiger partial charge on any atom is 0.313 e. The molecule has 1 unspecified atom stereocenters. The van der Waals surface area contributed by atoms with Crippen molar-refractivity contribution in [3.8, 4) is 0 Å². The summed E-state index contributed by atoms with van der Waals surface area (Å²) in [6.45, 7) is 2.05. The zero-order valence-corrected chi connectivity index (χ0v) is 13.5. The van der Waals surface area contributed by atoms with E-state index in [4.69, 9.17) is 5.11 Å². The predicted octanol–water partition coefficient (Wildman–Crippen LogP) is 3.59. The van der Waals surface area contributed by atoms with Crippen LogP contribution in [0.25, 0.3) is 11.0 Å². The van der Waals surface area contributed by atoms with E-state index in [1.165, 1.54) is 29.5 Å². The first kappa shape index (κ1) is 14.8. The number of carboxylic acids is 1. The molecule has 0 radical (unpaired) electrons. The van der Waals surface area contributed by atoms with Crippen LogP contribution in [0.3, 0.4) is 0 Å². The van der Waals surface area contributed by atoms with Crippen molar-refractivity contribution in [2.24, 2.45) is 0 Å². The monoisotopic (exact) mass is 322 g/mol. The molecule has 1 aliphatic heterocycles. The highest BCUT2D eigenvalue weighted by Crippen LogP contribution is 2.34. The van der Waals surface area contributed by atoms with Gasteiger partial charge in [0.15, 0.2) is 5.16 Å². The SMILES string of the molecule is Cc1ccc2c(c1)nc(SCC(=O)O)n2C1CCCSC1. The topological polar surface area (TPSA) is 55.1 Å². The van der Waals surface area contributed by atoms with Gasteiger partial charge in [0.1, 0.15) is 0 Å². The van der Waals surface area contributed by atoms with Crippen molar-refractivity contribution < 1.29 is 9.90 Å². The summed E-state index contributed by atoms with van der Waals surface area (Å²) in [5.41, 5.74) is 3.28. The average molecular weight is 322 g/mol. The van der Waals surface area contributed by atoms with E-state index in [-0.39, 0.29) is 5.75 Å². The lowest BCUT2D eigenvalue weighted by atomic mass is 10.1. The van der Waals surface area contributed by atoms with Crippen molar-refractivity contribution in [1.29, 1.82) is 0 Å². The second kappa shape index (κ2) is 6.32. The van der Waals surface area contributed by atoms with Crippen LogP contribution >= 0.6 is 23.5 Å². The number of hydrogen-bond donors (Lipinski definition) is 1. The second-order valence-electron chi connectivity index (χ2n) is 5.31. The Morgan fingerprint density at radius 1 is 1.57 bits per heavy atom.